The van der Waals surface area contributed by atoms with Crippen LogP contribution in [0.15, 0.2) is 34.7 Å². The van der Waals surface area contributed by atoms with Gasteiger partial charge in [-0.2, -0.15) is 9.97 Å². The van der Waals surface area contributed by atoms with Crippen LogP contribution in [0.2, 0.25) is 0 Å². The molecule has 140 valence electrons. The number of methoxy groups -OCH3 is 2. The Balaban J connectivity index is 1.70. The number of rotatable bonds is 7. The van der Waals surface area contributed by atoms with E-state index in [0.29, 0.717) is 35.3 Å². The maximum Gasteiger partial charge on any atom is 0.320 e. The molecule has 3 rings (SSSR count). The molecule has 2 heterocycles. The zero-order valence-corrected chi connectivity index (χ0v) is 15.2. The number of aromatic nitrogens is 4. The summed E-state index contributed by atoms with van der Waals surface area (Å²) in [5.41, 5.74) is 1.93. The van der Waals surface area contributed by atoms with E-state index in [9.17, 15) is 4.79 Å². The lowest BCUT2D eigenvalue weighted by atomic mass is 10.1. The topological polar surface area (TPSA) is 112 Å². The van der Waals surface area contributed by atoms with Gasteiger partial charge in [0.25, 0.3) is 5.91 Å². The van der Waals surface area contributed by atoms with Crippen molar-refractivity contribution in [1.82, 2.24) is 25.5 Å². The van der Waals surface area contributed by atoms with E-state index >= 15 is 0 Å². The minimum Gasteiger partial charge on any atom is -0.481 e. The van der Waals surface area contributed by atoms with Crippen LogP contribution in [0.25, 0.3) is 11.3 Å². The monoisotopic (exact) mass is 369 g/mol. The van der Waals surface area contributed by atoms with E-state index in [1.807, 2.05) is 6.92 Å². The van der Waals surface area contributed by atoms with E-state index in [1.54, 1.807) is 30.3 Å². The van der Waals surface area contributed by atoms with Gasteiger partial charge in [0, 0.05) is 23.6 Å². The minimum atomic E-state index is -0.240. The second-order valence-electron chi connectivity index (χ2n) is 5.49. The molecule has 0 unspecified atom stereocenters. The molecule has 1 amide bonds. The van der Waals surface area contributed by atoms with Crippen molar-refractivity contribution in [1.29, 1.82) is 0 Å². The van der Waals surface area contributed by atoms with Crippen molar-refractivity contribution in [3.63, 3.8) is 0 Å². The summed E-state index contributed by atoms with van der Waals surface area (Å²) >= 11 is 0. The average molecular weight is 369 g/mol. The van der Waals surface area contributed by atoms with E-state index < -0.39 is 0 Å². The lowest BCUT2D eigenvalue weighted by Crippen LogP contribution is -2.22. The fourth-order valence-corrected chi connectivity index (χ4v) is 2.30. The van der Waals surface area contributed by atoms with Gasteiger partial charge in [-0.3, -0.25) is 4.79 Å². The fourth-order valence-electron chi connectivity index (χ4n) is 2.30. The summed E-state index contributed by atoms with van der Waals surface area (Å²) in [7, 11) is 3.00. The van der Waals surface area contributed by atoms with Crippen LogP contribution in [0.5, 0.6) is 11.9 Å². The normalized spacial score (nSPS) is 10.5. The molecule has 0 spiro atoms. The Morgan fingerprint density at radius 1 is 1.07 bits per heavy atom. The quantitative estimate of drug-likeness (QED) is 0.673. The van der Waals surface area contributed by atoms with Gasteiger partial charge in [-0.25, -0.2) is 0 Å². The van der Waals surface area contributed by atoms with E-state index in [-0.39, 0.29) is 18.5 Å². The molecule has 0 aliphatic rings. The van der Waals surface area contributed by atoms with E-state index in [4.69, 9.17) is 13.9 Å². The van der Waals surface area contributed by atoms with E-state index in [2.05, 4.69) is 25.5 Å². The molecule has 0 atom stereocenters. The second kappa shape index (κ2) is 8.26. The maximum atomic E-state index is 12.3. The first-order valence-electron chi connectivity index (χ1n) is 8.30. The van der Waals surface area contributed by atoms with Gasteiger partial charge < -0.3 is 19.2 Å². The Morgan fingerprint density at radius 2 is 1.81 bits per heavy atom. The van der Waals surface area contributed by atoms with Gasteiger partial charge in [0.1, 0.15) is 0 Å². The van der Waals surface area contributed by atoms with Crippen LogP contribution in [-0.2, 0) is 13.0 Å². The Bertz CT molecular complexity index is 902. The Labute approximate surface area is 155 Å². The van der Waals surface area contributed by atoms with Gasteiger partial charge in [0.15, 0.2) is 0 Å². The lowest BCUT2D eigenvalue weighted by molar-refractivity contribution is 0.0947. The summed E-state index contributed by atoms with van der Waals surface area (Å²) in [5.74, 6) is 1.07. The SMILES string of the molecule is CCc1nnc(CNC(=O)c2ccc(-c3cc(OC)nc(OC)n3)cc2)o1. The predicted octanol–water partition coefficient (Wildman–Crippen LogP) is 2.04. The molecule has 1 N–H and O–H groups in total. The van der Waals surface area contributed by atoms with Gasteiger partial charge in [-0.05, 0) is 12.1 Å². The van der Waals surface area contributed by atoms with Crippen molar-refractivity contribution < 1.29 is 18.7 Å². The molecule has 3 aromatic rings. The average Bonchev–Trinajstić information content (AvgIpc) is 3.19. The number of ether oxygens (including phenoxy) is 2. The molecule has 0 bridgehead atoms. The largest absolute Gasteiger partial charge is 0.481 e. The second-order valence-corrected chi connectivity index (χ2v) is 5.49. The number of benzene rings is 1. The van der Waals surface area contributed by atoms with Crippen LogP contribution < -0.4 is 14.8 Å². The highest BCUT2D eigenvalue weighted by atomic mass is 16.5. The zero-order valence-electron chi connectivity index (χ0n) is 15.2. The first kappa shape index (κ1) is 18.3. The highest BCUT2D eigenvalue weighted by molar-refractivity contribution is 5.94. The summed E-state index contributed by atoms with van der Waals surface area (Å²) in [6.07, 6.45) is 0.654. The van der Waals surface area contributed by atoms with Gasteiger partial charge in [0.2, 0.25) is 17.7 Å². The molecular weight excluding hydrogens is 350 g/mol. The van der Waals surface area contributed by atoms with Crippen molar-refractivity contribution >= 4 is 5.91 Å². The Morgan fingerprint density at radius 3 is 2.44 bits per heavy atom. The first-order chi connectivity index (χ1) is 13.1. The third kappa shape index (κ3) is 4.38. The van der Waals surface area contributed by atoms with Crippen LogP contribution in [-0.4, -0.2) is 40.3 Å². The molecule has 2 aromatic heterocycles. The zero-order chi connectivity index (χ0) is 19.2. The van der Waals surface area contributed by atoms with Crippen molar-refractivity contribution in [2.75, 3.05) is 14.2 Å². The first-order valence-corrected chi connectivity index (χ1v) is 8.30. The van der Waals surface area contributed by atoms with Crippen molar-refractivity contribution in [2.24, 2.45) is 0 Å². The minimum absolute atomic E-state index is 0.174. The molecular formula is C18H19N5O4. The van der Waals surface area contributed by atoms with Crippen molar-refractivity contribution in [2.45, 2.75) is 19.9 Å². The number of aryl methyl sites for hydroxylation is 1. The van der Waals surface area contributed by atoms with Crippen LogP contribution in [0.4, 0.5) is 0 Å². The summed E-state index contributed by atoms with van der Waals surface area (Å²) in [6, 6.07) is 8.89. The number of hydrogen-bond acceptors (Lipinski definition) is 8. The third-order valence-electron chi connectivity index (χ3n) is 3.73. The van der Waals surface area contributed by atoms with E-state index in [1.165, 1.54) is 14.2 Å². The van der Waals surface area contributed by atoms with Crippen LogP contribution >= 0.6 is 0 Å². The molecule has 0 saturated heterocycles. The van der Waals surface area contributed by atoms with Gasteiger partial charge >= 0.3 is 6.01 Å². The third-order valence-corrected chi connectivity index (χ3v) is 3.73. The summed E-state index contributed by atoms with van der Waals surface area (Å²) in [6.45, 7) is 2.09. The molecule has 0 aliphatic heterocycles. The number of carbonyl (C=O) groups excluding carboxylic acids is 1. The number of nitrogens with one attached hydrogen (secondary N) is 1. The predicted molar refractivity (Wildman–Crippen MR) is 95.4 cm³/mol. The highest BCUT2D eigenvalue weighted by Crippen LogP contribution is 2.23. The molecule has 0 saturated carbocycles. The Kier molecular flexibility index (Phi) is 5.60. The highest BCUT2D eigenvalue weighted by Gasteiger charge is 2.11. The van der Waals surface area contributed by atoms with E-state index in [0.717, 1.165) is 5.56 Å². The maximum absolute atomic E-state index is 12.3. The molecule has 9 heteroatoms. The smallest absolute Gasteiger partial charge is 0.320 e. The summed E-state index contributed by atoms with van der Waals surface area (Å²) in [5, 5.41) is 10.5. The van der Waals surface area contributed by atoms with Gasteiger partial charge in [-0.1, -0.05) is 19.1 Å². The lowest BCUT2D eigenvalue weighted by Gasteiger charge is -2.07. The van der Waals surface area contributed by atoms with Crippen molar-refractivity contribution in [3.8, 4) is 23.1 Å². The molecule has 0 fully saturated rings. The number of hydrogen-bond donors (Lipinski definition) is 1. The summed E-state index contributed by atoms with van der Waals surface area (Å²) in [4.78, 5) is 20.6. The van der Waals surface area contributed by atoms with Crippen LogP contribution in [0.1, 0.15) is 29.1 Å². The van der Waals surface area contributed by atoms with Crippen LogP contribution in [0, 0.1) is 0 Å². The molecule has 1 aromatic carbocycles. The molecule has 9 nitrogen and oxygen atoms in total. The number of amides is 1. The number of carbonyl (C=O) groups is 1. The summed E-state index contributed by atoms with van der Waals surface area (Å²) < 4.78 is 15.6. The van der Waals surface area contributed by atoms with Gasteiger partial charge in [0.05, 0.1) is 26.5 Å². The standard InChI is InChI=1S/C18H19N5O4/c1-4-14-22-23-16(27-14)10-19-17(24)12-7-5-11(6-8-12)13-9-15(25-2)21-18(20-13)26-3/h5-9H,4,10H2,1-3H3,(H,19,24). The molecule has 27 heavy (non-hydrogen) atoms. The fraction of sp³-hybridized carbons (Fsp3) is 0.278. The molecule has 0 aliphatic carbocycles. The number of nitrogens with zero attached hydrogens (tertiary/aromatic N) is 4. The van der Waals surface area contributed by atoms with Crippen LogP contribution in [0.3, 0.4) is 0 Å². The Hall–Kier alpha value is -3.49. The van der Waals surface area contributed by atoms with Crippen molar-refractivity contribution in [3.05, 3.63) is 47.7 Å². The van der Waals surface area contributed by atoms with Gasteiger partial charge in [-0.15, -0.1) is 10.2 Å². The molecule has 0 radical (unpaired) electrons.